The summed E-state index contributed by atoms with van der Waals surface area (Å²) < 4.78 is 0. The average molecular weight is 207 g/mol. The summed E-state index contributed by atoms with van der Waals surface area (Å²) in [4.78, 5) is 11.3. The van der Waals surface area contributed by atoms with Gasteiger partial charge in [-0.15, -0.1) is 0 Å². The summed E-state index contributed by atoms with van der Waals surface area (Å²) in [6, 6.07) is 0. The molecule has 0 aliphatic heterocycles. The zero-order valence-corrected chi connectivity index (χ0v) is 9.97. The molecule has 1 fully saturated rings. The molecule has 2 heteroatoms. The zero-order chi connectivity index (χ0) is 11.3. The highest BCUT2D eigenvalue weighted by Gasteiger charge is 2.49. The molecular formula is C13H21NO. The quantitative estimate of drug-likeness (QED) is 0.705. The Labute approximate surface area is 91.9 Å². The molecule has 2 aliphatic rings. The number of fused-ring (bicyclic) bond motifs is 1. The fraction of sp³-hybridized carbons (Fsp3) is 0.769. The van der Waals surface area contributed by atoms with E-state index in [0.29, 0.717) is 11.3 Å². The molecule has 1 saturated carbocycles. The molecule has 0 spiro atoms. The van der Waals surface area contributed by atoms with Gasteiger partial charge in [-0.1, -0.05) is 33.3 Å². The number of primary amides is 1. The minimum absolute atomic E-state index is 0.214. The van der Waals surface area contributed by atoms with Gasteiger partial charge in [-0.2, -0.15) is 0 Å². The maximum atomic E-state index is 11.3. The van der Waals surface area contributed by atoms with Crippen LogP contribution in [0.3, 0.4) is 0 Å². The summed E-state index contributed by atoms with van der Waals surface area (Å²) >= 11 is 0. The lowest BCUT2D eigenvalue weighted by molar-refractivity contribution is -0.114. The average Bonchev–Trinajstić information content (AvgIpc) is 2.43. The highest BCUT2D eigenvalue weighted by Crippen LogP contribution is 2.57. The van der Waals surface area contributed by atoms with E-state index in [1.807, 2.05) is 0 Å². The molecule has 2 aliphatic carbocycles. The third kappa shape index (κ3) is 1.60. The summed E-state index contributed by atoms with van der Waals surface area (Å²) in [5.74, 6) is 0.377. The van der Waals surface area contributed by atoms with Crippen LogP contribution >= 0.6 is 0 Å². The second kappa shape index (κ2) is 3.10. The Morgan fingerprint density at radius 3 is 2.60 bits per heavy atom. The molecule has 0 unspecified atom stereocenters. The topological polar surface area (TPSA) is 43.1 Å². The molecule has 0 aromatic rings. The third-order valence-corrected chi connectivity index (χ3v) is 4.52. The molecule has 0 bridgehead atoms. The van der Waals surface area contributed by atoms with Crippen molar-refractivity contribution in [2.75, 3.05) is 0 Å². The zero-order valence-electron chi connectivity index (χ0n) is 9.97. The molecule has 1 amide bonds. The number of carbonyl (C=O) groups excluding carboxylic acids is 1. The number of rotatable bonds is 1. The van der Waals surface area contributed by atoms with E-state index in [-0.39, 0.29) is 11.3 Å². The van der Waals surface area contributed by atoms with Crippen LogP contribution in [0.1, 0.15) is 46.5 Å². The number of amides is 1. The first kappa shape index (κ1) is 10.7. The largest absolute Gasteiger partial charge is 0.366 e. The first-order valence-corrected chi connectivity index (χ1v) is 5.87. The molecule has 0 aromatic heterocycles. The molecule has 84 valence electrons. The highest BCUT2D eigenvalue weighted by molar-refractivity contribution is 5.92. The lowest BCUT2D eigenvalue weighted by Crippen LogP contribution is -2.38. The predicted octanol–water partition coefficient (Wildman–Crippen LogP) is 2.63. The minimum atomic E-state index is -0.221. The lowest BCUT2D eigenvalue weighted by atomic mass is 9.58. The first-order valence-electron chi connectivity index (χ1n) is 5.87. The van der Waals surface area contributed by atoms with E-state index in [1.165, 1.54) is 19.3 Å². The van der Waals surface area contributed by atoms with Gasteiger partial charge in [-0.05, 0) is 36.0 Å². The van der Waals surface area contributed by atoms with Gasteiger partial charge in [0.15, 0.2) is 0 Å². The predicted molar refractivity (Wildman–Crippen MR) is 61.1 cm³/mol. The van der Waals surface area contributed by atoms with Crippen LogP contribution in [0, 0.1) is 16.7 Å². The standard InChI is InChI=1S/C13H21NO/c1-12(2)5-4-6-13(3)8-9(11(14)15)7-10(12)13/h8,10H,4-7H2,1-3H3,(H2,14,15)/t10-,13-/m0/s1. The normalized spacial score (nSPS) is 38.3. The molecule has 0 aromatic carbocycles. The van der Waals surface area contributed by atoms with E-state index < -0.39 is 0 Å². The number of nitrogens with two attached hydrogens (primary N) is 1. The molecule has 0 saturated heterocycles. The summed E-state index contributed by atoms with van der Waals surface area (Å²) in [5.41, 5.74) is 6.81. The van der Waals surface area contributed by atoms with Crippen LogP contribution in [0.2, 0.25) is 0 Å². The number of allylic oxidation sites excluding steroid dienone is 1. The van der Waals surface area contributed by atoms with Gasteiger partial charge in [0.1, 0.15) is 0 Å². The SMILES string of the molecule is CC1(C)CCC[C@@]2(C)C=C(C(N)=O)C[C@@H]12. The van der Waals surface area contributed by atoms with Crippen LogP contribution in [-0.2, 0) is 4.79 Å². The second-order valence-corrected chi connectivity index (χ2v) is 6.14. The van der Waals surface area contributed by atoms with E-state index >= 15 is 0 Å². The van der Waals surface area contributed by atoms with Gasteiger partial charge in [-0.3, -0.25) is 4.79 Å². The molecule has 2 N–H and O–H groups in total. The Morgan fingerprint density at radius 2 is 2.07 bits per heavy atom. The van der Waals surface area contributed by atoms with Crippen LogP contribution in [0.4, 0.5) is 0 Å². The Morgan fingerprint density at radius 1 is 1.40 bits per heavy atom. The maximum Gasteiger partial charge on any atom is 0.244 e. The summed E-state index contributed by atoms with van der Waals surface area (Å²) in [6.07, 6.45) is 6.79. The Bertz CT molecular complexity index is 329. The molecular weight excluding hydrogens is 186 g/mol. The van der Waals surface area contributed by atoms with Crippen LogP contribution < -0.4 is 5.73 Å². The number of hydrogen-bond donors (Lipinski definition) is 1. The molecule has 2 nitrogen and oxygen atoms in total. The first-order chi connectivity index (χ1) is 6.85. The monoisotopic (exact) mass is 207 g/mol. The van der Waals surface area contributed by atoms with Crippen molar-refractivity contribution in [2.45, 2.75) is 46.5 Å². The summed E-state index contributed by atoms with van der Waals surface area (Å²) in [5, 5.41) is 0. The smallest absolute Gasteiger partial charge is 0.244 e. The summed E-state index contributed by atoms with van der Waals surface area (Å²) in [7, 11) is 0. The fourth-order valence-corrected chi connectivity index (χ4v) is 3.70. The highest BCUT2D eigenvalue weighted by atomic mass is 16.1. The van der Waals surface area contributed by atoms with Crippen molar-refractivity contribution in [3.05, 3.63) is 11.6 Å². The van der Waals surface area contributed by atoms with Crippen LogP contribution in [-0.4, -0.2) is 5.91 Å². The second-order valence-electron chi connectivity index (χ2n) is 6.14. The van der Waals surface area contributed by atoms with Crippen molar-refractivity contribution in [1.82, 2.24) is 0 Å². The molecule has 2 rings (SSSR count). The van der Waals surface area contributed by atoms with Crippen molar-refractivity contribution in [2.24, 2.45) is 22.5 Å². The lowest BCUT2D eigenvalue weighted by Gasteiger charge is -2.47. The van der Waals surface area contributed by atoms with Crippen molar-refractivity contribution in [3.63, 3.8) is 0 Å². The molecule has 2 atom stereocenters. The van der Waals surface area contributed by atoms with E-state index in [9.17, 15) is 4.79 Å². The fourth-order valence-electron chi connectivity index (χ4n) is 3.70. The van der Waals surface area contributed by atoms with Crippen LogP contribution in [0.5, 0.6) is 0 Å². The van der Waals surface area contributed by atoms with Crippen LogP contribution in [0.25, 0.3) is 0 Å². The van der Waals surface area contributed by atoms with E-state index in [4.69, 9.17) is 5.73 Å². The van der Waals surface area contributed by atoms with Gasteiger partial charge in [0.25, 0.3) is 0 Å². The maximum absolute atomic E-state index is 11.3. The van der Waals surface area contributed by atoms with Gasteiger partial charge in [0.2, 0.25) is 5.91 Å². The van der Waals surface area contributed by atoms with Crippen LogP contribution in [0.15, 0.2) is 11.6 Å². The van der Waals surface area contributed by atoms with E-state index in [1.54, 1.807) is 0 Å². The Hall–Kier alpha value is -0.790. The van der Waals surface area contributed by atoms with E-state index in [2.05, 4.69) is 26.8 Å². The molecule has 0 heterocycles. The van der Waals surface area contributed by atoms with E-state index in [0.717, 1.165) is 12.0 Å². The minimum Gasteiger partial charge on any atom is -0.366 e. The van der Waals surface area contributed by atoms with Crippen molar-refractivity contribution >= 4 is 5.91 Å². The third-order valence-electron chi connectivity index (χ3n) is 4.52. The van der Waals surface area contributed by atoms with Gasteiger partial charge >= 0.3 is 0 Å². The van der Waals surface area contributed by atoms with Crippen molar-refractivity contribution in [1.29, 1.82) is 0 Å². The number of hydrogen-bond acceptors (Lipinski definition) is 1. The molecule has 0 radical (unpaired) electrons. The number of carbonyl (C=O) groups is 1. The van der Waals surface area contributed by atoms with Crippen molar-refractivity contribution < 1.29 is 4.79 Å². The Balaban J connectivity index is 2.32. The van der Waals surface area contributed by atoms with Crippen molar-refractivity contribution in [3.8, 4) is 0 Å². The van der Waals surface area contributed by atoms with Gasteiger partial charge in [0.05, 0.1) is 0 Å². The van der Waals surface area contributed by atoms with Gasteiger partial charge in [-0.25, -0.2) is 0 Å². The van der Waals surface area contributed by atoms with Gasteiger partial charge < -0.3 is 5.73 Å². The van der Waals surface area contributed by atoms with Gasteiger partial charge in [0, 0.05) is 5.57 Å². The Kier molecular flexibility index (Phi) is 2.21. The summed E-state index contributed by atoms with van der Waals surface area (Å²) in [6.45, 7) is 6.94. The molecule has 15 heavy (non-hydrogen) atoms.